The fraction of sp³-hybridized carbons (Fsp3) is 0.0833. The van der Waals surface area contributed by atoms with Gasteiger partial charge in [0.05, 0.1) is 11.8 Å². The Balaban J connectivity index is 2.37. The molecule has 0 aliphatic heterocycles. The van der Waals surface area contributed by atoms with Crippen molar-refractivity contribution in [2.24, 2.45) is 0 Å². The van der Waals surface area contributed by atoms with Crippen LogP contribution in [-0.4, -0.2) is 5.78 Å². The Morgan fingerprint density at radius 1 is 1.20 bits per heavy atom. The van der Waals surface area contributed by atoms with E-state index < -0.39 is 0 Å². The van der Waals surface area contributed by atoms with E-state index in [2.05, 4.69) is 0 Å². The van der Waals surface area contributed by atoms with Crippen molar-refractivity contribution >= 4 is 17.4 Å². The van der Waals surface area contributed by atoms with E-state index >= 15 is 0 Å². The largest absolute Gasteiger partial charge is 0.472 e. The van der Waals surface area contributed by atoms with E-state index in [-0.39, 0.29) is 5.78 Å². The Labute approximate surface area is 92.5 Å². The van der Waals surface area contributed by atoms with Crippen molar-refractivity contribution in [1.29, 1.82) is 0 Å². The summed E-state index contributed by atoms with van der Waals surface area (Å²) in [5.74, 6) is -0.0436. The molecule has 76 valence electrons. The standard InChI is InChI=1S/C12H9ClO2/c1-8-6-15-7-11(8)12(14)9-2-4-10(13)5-3-9/h2-7H,1H3. The van der Waals surface area contributed by atoms with Crippen LogP contribution in [0.2, 0.25) is 5.02 Å². The third kappa shape index (κ3) is 1.95. The summed E-state index contributed by atoms with van der Waals surface area (Å²) in [6.07, 6.45) is 3.02. The Morgan fingerprint density at radius 2 is 1.87 bits per heavy atom. The average Bonchev–Trinajstić information content (AvgIpc) is 2.65. The molecule has 0 atom stereocenters. The van der Waals surface area contributed by atoms with Crippen LogP contribution in [0.4, 0.5) is 0 Å². The van der Waals surface area contributed by atoms with Gasteiger partial charge in [0, 0.05) is 10.6 Å². The van der Waals surface area contributed by atoms with Gasteiger partial charge in [-0.1, -0.05) is 11.6 Å². The van der Waals surface area contributed by atoms with Gasteiger partial charge in [-0.25, -0.2) is 0 Å². The molecular weight excluding hydrogens is 212 g/mol. The summed E-state index contributed by atoms with van der Waals surface area (Å²) in [7, 11) is 0. The first-order valence-corrected chi connectivity index (χ1v) is 4.89. The Bertz CT molecular complexity index is 483. The van der Waals surface area contributed by atoms with Crippen molar-refractivity contribution in [3.05, 3.63) is 58.5 Å². The van der Waals surface area contributed by atoms with Gasteiger partial charge in [0.25, 0.3) is 0 Å². The molecule has 0 saturated heterocycles. The van der Waals surface area contributed by atoms with Crippen molar-refractivity contribution in [2.75, 3.05) is 0 Å². The molecule has 0 fully saturated rings. The molecule has 2 aromatic rings. The number of hydrogen-bond acceptors (Lipinski definition) is 2. The maximum absolute atomic E-state index is 11.9. The molecule has 1 aromatic carbocycles. The molecule has 1 aromatic heterocycles. The van der Waals surface area contributed by atoms with Gasteiger partial charge in [0.15, 0.2) is 5.78 Å². The quantitative estimate of drug-likeness (QED) is 0.726. The smallest absolute Gasteiger partial charge is 0.196 e. The van der Waals surface area contributed by atoms with Crippen LogP contribution < -0.4 is 0 Å². The fourth-order valence-electron chi connectivity index (χ4n) is 1.35. The van der Waals surface area contributed by atoms with Gasteiger partial charge in [0.2, 0.25) is 0 Å². The normalized spacial score (nSPS) is 10.3. The Kier molecular flexibility index (Phi) is 2.60. The van der Waals surface area contributed by atoms with Crippen LogP contribution >= 0.6 is 11.6 Å². The number of halogens is 1. The number of rotatable bonds is 2. The lowest BCUT2D eigenvalue weighted by Gasteiger charge is -1.99. The van der Waals surface area contributed by atoms with Gasteiger partial charge in [-0.2, -0.15) is 0 Å². The molecule has 0 spiro atoms. The molecule has 3 heteroatoms. The maximum atomic E-state index is 11.9. The zero-order valence-electron chi connectivity index (χ0n) is 8.16. The van der Waals surface area contributed by atoms with Crippen LogP contribution in [-0.2, 0) is 0 Å². The van der Waals surface area contributed by atoms with E-state index in [0.717, 1.165) is 5.56 Å². The highest BCUT2D eigenvalue weighted by atomic mass is 35.5. The number of carbonyl (C=O) groups excluding carboxylic acids is 1. The third-order valence-corrected chi connectivity index (χ3v) is 2.46. The van der Waals surface area contributed by atoms with Gasteiger partial charge in [-0.3, -0.25) is 4.79 Å². The summed E-state index contributed by atoms with van der Waals surface area (Å²) < 4.78 is 4.96. The summed E-state index contributed by atoms with van der Waals surface area (Å²) in [4.78, 5) is 11.9. The second-order valence-electron chi connectivity index (χ2n) is 3.30. The molecule has 0 N–H and O–H groups in total. The lowest BCUT2D eigenvalue weighted by atomic mass is 10.0. The van der Waals surface area contributed by atoms with E-state index in [1.807, 2.05) is 6.92 Å². The van der Waals surface area contributed by atoms with Crippen LogP contribution in [0.1, 0.15) is 21.5 Å². The summed E-state index contributed by atoms with van der Waals surface area (Å²) in [5.41, 5.74) is 2.05. The highest BCUT2D eigenvalue weighted by molar-refractivity contribution is 6.30. The monoisotopic (exact) mass is 220 g/mol. The Hall–Kier alpha value is -1.54. The molecule has 0 saturated carbocycles. The van der Waals surface area contributed by atoms with E-state index in [4.69, 9.17) is 16.0 Å². The second kappa shape index (κ2) is 3.91. The highest BCUT2D eigenvalue weighted by Crippen LogP contribution is 2.16. The van der Waals surface area contributed by atoms with Crippen molar-refractivity contribution in [3.8, 4) is 0 Å². The molecule has 0 aliphatic carbocycles. The molecule has 1 heterocycles. The average molecular weight is 221 g/mol. The van der Waals surface area contributed by atoms with Crippen molar-refractivity contribution in [2.45, 2.75) is 6.92 Å². The first-order chi connectivity index (χ1) is 7.18. The number of benzene rings is 1. The van der Waals surface area contributed by atoms with E-state index in [9.17, 15) is 4.79 Å². The first kappa shape index (κ1) is 9.99. The molecule has 2 nitrogen and oxygen atoms in total. The number of ketones is 1. The first-order valence-electron chi connectivity index (χ1n) is 4.51. The molecule has 0 unspecified atom stereocenters. The van der Waals surface area contributed by atoms with E-state index in [0.29, 0.717) is 16.1 Å². The van der Waals surface area contributed by atoms with Gasteiger partial charge >= 0.3 is 0 Å². The van der Waals surface area contributed by atoms with Gasteiger partial charge in [-0.15, -0.1) is 0 Å². The summed E-state index contributed by atoms with van der Waals surface area (Å²) >= 11 is 5.74. The van der Waals surface area contributed by atoms with Crippen LogP contribution in [0, 0.1) is 6.92 Å². The molecule has 0 radical (unpaired) electrons. The summed E-state index contributed by atoms with van der Waals surface area (Å²) in [5, 5.41) is 0.621. The number of aryl methyl sites for hydroxylation is 1. The topological polar surface area (TPSA) is 30.2 Å². The fourth-order valence-corrected chi connectivity index (χ4v) is 1.48. The van der Waals surface area contributed by atoms with Crippen LogP contribution in [0.3, 0.4) is 0 Å². The van der Waals surface area contributed by atoms with E-state index in [1.165, 1.54) is 6.26 Å². The SMILES string of the molecule is Cc1cocc1C(=O)c1ccc(Cl)cc1. The van der Waals surface area contributed by atoms with E-state index in [1.54, 1.807) is 30.5 Å². The molecule has 0 bridgehead atoms. The number of hydrogen-bond donors (Lipinski definition) is 0. The van der Waals surface area contributed by atoms with Crippen molar-refractivity contribution < 1.29 is 9.21 Å². The number of furan rings is 1. The molecule has 2 rings (SSSR count). The molecule has 0 amide bonds. The zero-order valence-corrected chi connectivity index (χ0v) is 8.91. The van der Waals surface area contributed by atoms with Crippen LogP contribution in [0.5, 0.6) is 0 Å². The van der Waals surface area contributed by atoms with Crippen LogP contribution in [0.15, 0.2) is 41.2 Å². The lowest BCUT2D eigenvalue weighted by Crippen LogP contribution is -2.00. The molecular formula is C12H9ClO2. The minimum absolute atomic E-state index is 0.0436. The van der Waals surface area contributed by atoms with Crippen molar-refractivity contribution in [3.63, 3.8) is 0 Å². The second-order valence-corrected chi connectivity index (χ2v) is 3.74. The third-order valence-electron chi connectivity index (χ3n) is 2.21. The van der Waals surface area contributed by atoms with Crippen molar-refractivity contribution in [1.82, 2.24) is 0 Å². The maximum Gasteiger partial charge on any atom is 0.196 e. The predicted octanol–water partition coefficient (Wildman–Crippen LogP) is 3.47. The zero-order chi connectivity index (χ0) is 10.8. The molecule has 0 aliphatic rings. The minimum Gasteiger partial charge on any atom is -0.472 e. The summed E-state index contributed by atoms with van der Waals surface area (Å²) in [6, 6.07) is 6.81. The van der Waals surface area contributed by atoms with Gasteiger partial charge in [0.1, 0.15) is 6.26 Å². The highest BCUT2D eigenvalue weighted by Gasteiger charge is 2.12. The lowest BCUT2D eigenvalue weighted by molar-refractivity contribution is 0.103. The molecule has 15 heavy (non-hydrogen) atoms. The van der Waals surface area contributed by atoms with Gasteiger partial charge in [-0.05, 0) is 36.8 Å². The number of carbonyl (C=O) groups is 1. The van der Waals surface area contributed by atoms with Gasteiger partial charge < -0.3 is 4.42 Å². The van der Waals surface area contributed by atoms with Crippen LogP contribution in [0.25, 0.3) is 0 Å². The predicted molar refractivity (Wildman–Crippen MR) is 58.3 cm³/mol. The summed E-state index contributed by atoms with van der Waals surface area (Å²) in [6.45, 7) is 1.84. The minimum atomic E-state index is -0.0436. The Morgan fingerprint density at radius 3 is 2.40 bits per heavy atom.